The molecule has 7 nitrogen and oxygen atoms in total. The lowest BCUT2D eigenvalue weighted by atomic mass is 10.2. The number of anilines is 1. The number of aryl methyl sites for hydroxylation is 1. The number of rotatable bonds is 8. The van der Waals surface area contributed by atoms with Crippen molar-refractivity contribution in [3.8, 4) is 0 Å². The normalized spacial score (nSPS) is 15.1. The van der Waals surface area contributed by atoms with E-state index < -0.39 is 21.5 Å². The Labute approximate surface area is 202 Å². The minimum absolute atomic E-state index is 0.138. The molecule has 0 radical (unpaired) electrons. The predicted octanol–water partition coefficient (Wildman–Crippen LogP) is 3.79. The van der Waals surface area contributed by atoms with Gasteiger partial charge in [-0.05, 0) is 43.2 Å². The van der Waals surface area contributed by atoms with Gasteiger partial charge in [0.2, 0.25) is 5.91 Å². The van der Waals surface area contributed by atoms with Crippen LogP contribution in [0.25, 0.3) is 10.2 Å². The molecule has 3 aromatic rings. The van der Waals surface area contributed by atoms with E-state index in [4.69, 9.17) is 16.3 Å². The zero-order valence-electron chi connectivity index (χ0n) is 18.4. The van der Waals surface area contributed by atoms with Crippen molar-refractivity contribution in [1.82, 2.24) is 9.88 Å². The van der Waals surface area contributed by atoms with Crippen molar-refractivity contribution in [2.75, 3.05) is 50.0 Å². The Balaban J connectivity index is 1.58. The Morgan fingerprint density at radius 2 is 1.91 bits per heavy atom. The van der Waals surface area contributed by atoms with Gasteiger partial charge in [0.05, 0.1) is 28.3 Å². The number of nitrogens with zero attached hydrogens (tertiary/aromatic N) is 3. The van der Waals surface area contributed by atoms with Crippen molar-refractivity contribution in [2.24, 2.45) is 0 Å². The second-order valence-corrected chi connectivity index (χ2v) is 11.3. The average Bonchev–Trinajstić information content (AvgIpc) is 3.25. The van der Waals surface area contributed by atoms with Gasteiger partial charge in [-0.25, -0.2) is 13.4 Å². The summed E-state index contributed by atoms with van der Waals surface area (Å²) in [7, 11) is -3.77. The van der Waals surface area contributed by atoms with E-state index in [1.165, 1.54) is 28.4 Å². The van der Waals surface area contributed by atoms with E-state index in [0.29, 0.717) is 36.3 Å². The number of hydrogen-bond acceptors (Lipinski definition) is 7. The fraction of sp³-hybridized carbons (Fsp3) is 0.391. The van der Waals surface area contributed by atoms with Crippen LogP contribution in [0.4, 0.5) is 5.13 Å². The lowest BCUT2D eigenvalue weighted by molar-refractivity contribution is -0.116. The van der Waals surface area contributed by atoms with E-state index in [1.807, 2.05) is 19.1 Å². The number of aromatic nitrogens is 1. The van der Waals surface area contributed by atoms with Gasteiger partial charge in [0, 0.05) is 31.2 Å². The van der Waals surface area contributed by atoms with Crippen molar-refractivity contribution in [1.29, 1.82) is 0 Å². The predicted molar refractivity (Wildman–Crippen MR) is 132 cm³/mol. The van der Waals surface area contributed by atoms with Crippen molar-refractivity contribution in [3.05, 3.63) is 53.1 Å². The SMILES string of the molecule is Cc1c(Cl)ccc2sc(N(CCCN3CCOCC3)C(=O)CS(=O)(=O)c3ccccc3)nc12. The van der Waals surface area contributed by atoms with Gasteiger partial charge in [-0.2, -0.15) is 0 Å². The molecule has 1 amide bonds. The smallest absolute Gasteiger partial charge is 0.244 e. The highest BCUT2D eigenvalue weighted by atomic mass is 35.5. The standard InChI is InChI=1S/C23H26ClN3O4S2/c1-17-19(24)8-9-20-22(17)25-23(32-20)27(11-5-10-26-12-14-31-15-13-26)21(28)16-33(29,30)18-6-3-2-4-7-18/h2-4,6-9H,5,10-16H2,1H3. The molecular formula is C23H26ClN3O4S2. The zero-order valence-corrected chi connectivity index (χ0v) is 20.8. The van der Waals surface area contributed by atoms with Crippen LogP contribution in [-0.2, 0) is 19.4 Å². The Morgan fingerprint density at radius 3 is 2.64 bits per heavy atom. The minimum atomic E-state index is -3.77. The molecule has 176 valence electrons. The van der Waals surface area contributed by atoms with Crippen LogP contribution in [0.3, 0.4) is 0 Å². The van der Waals surface area contributed by atoms with Gasteiger partial charge in [-0.1, -0.05) is 41.1 Å². The molecular weight excluding hydrogens is 482 g/mol. The molecule has 1 fully saturated rings. The number of morpholine rings is 1. The van der Waals surface area contributed by atoms with Crippen LogP contribution >= 0.6 is 22.9 Å². The molecule has 1 saturated heterocycles. The topological polar surface area (TPSA) is 79.8 Å². The molecule has 0 unspecified atom stereocenters. The summed E-state index contributed by atoms with van der Waals surface area (Å²) >= 11 is 7.62. The van der Waals surface area contributed by atoms with E-state index >= 15 is 0 Å². The van der Waals surface area contributed by atoms with Gasteiger partial charge in [0.1, 0.15) is 5.75 Å². The molecule has 0 spiro atoms. The van der Waals surface area contributed by atoms with Crippen LogP contribution in [0.2, 0.25) is 5.02 Å². The minimum Gasteiger partial charge on any atom is -0.379 e. The molecule has 2 aromatic carbocycles. The molecule has 0 atom stereocenters. The largest absolute Gasteiger partial charge is 0.379 e. The molecule has 0 aliphatic carbocycles. The highest BCUT2D eigenvalue weighted by Gasteiger charge is 2.27. The molecule has 1 aliphatic heterocycles. The number of ether oxygens (including phenoxy) is 1. The number of fused-ring (bicyclic) bond motifs is 1. The van der Waals surface area contributed by atoms with Crippen LogP contribution < -0.4 is 4.90 Å². The average molecular weight is 508 g/mol. The Hall–Kier alpha value is -2.04. The van der Waals surface area contributed by atoms with Gasteiger partial charge in [-0.3, -0.25) is 14.6 Å². The summed E-state index contributed by atoms with van der Waals surface area (Å²) in [6, 6.07) is 11.7. The van der Waals surface area contributed by atoms with Crippen LogP contribution in [-0.4, -0.2) is 69.4 Å². The van der Waals surface area contributed by atoms with Gasteiger partial charge in [-0.15, -0.1) is 0 Å². The highest BCUT2D eigenvalue weighted by molar-refractivity contribution is 7.92. The molecule has 1 aliphatic rings. The fourth-order valence-corrected chi connectivity index (χ4v) is 6.20. The molecule has 10 heteroatoms. The number of carbonyl (C=O) groups is 1. The van der Waals surface area contributed by atoms with Crippen molar-refractivity contribution >= 4 is 54.0 Å². The first-order valence-corrected chi connectivity index (χ1v) is 13.6. The van der Waals surface area contributed by atoms with Crippen molar-refractivity contribution in [2.45, 2.75) is 18.2 Å². The number of hydrogen-bond donors (Lipinski definition) is 0. The van der Waals surface area contributed by atoms with E-state index in [-0.39, 0.29) is 4.90 Å². The molecule has 0 saturated carbocycles. The third kappa shape index (κ3) is 5.73. The van der Waals surface area contributed by atoms with E-state index in [1.54, 1.807) is 18.2 Å². The number of sulfone groups is 1. The third-order valence-electron chi connectivity index (χ3n) is 5.64. The number of thiazole rings is 1. The number of benzene rings is 2. The monoisotopic (exact) mass is 507 g/mol. The molecule has 33 heavy (non-hydrogen) atoms. The second kappa shape index (κ2) is 10.5. The Morgan fingerprint density at radius 1 is 1.18 bits per heavy atom. The second-order valence-electron chi connectivity index (χ2n) is 7.94. The molecule has 4 rings (SSSR count). The fourth-order valence-electron chi connectivity index (χ4n) is 3.76. The maximum Gasteiger partial charge on any atom is 0.244 e. The van der Waals surface area contributed by atoms with E-state index in [2.05, 4.69) is 9.88 Å². The maximum atomic E-state index is 13.3. The Bertz CT molecular complexity index is 1230. The van der Waals surface area contributed by atoms with Crippen LogP contribution in [0.5, 0.6) is 0 Å². The summed E-state index contributed by atoms with van der Waals surface area (Å²) in [5.41, 5.74) is 1.58. The lowest BCUT2D eigenvalue weighted by Gasteiger charge is -2.27. The lowest BCUT2D eigenvalue weighted by Crippen LogP contribution is -2.40. The summed E-state index contributed by atoms with van der Waals surface area (Å²) in [5.74, 6) is -1.09. The van der Waals surface area contributed by atoms with Gasteiger partial charge >= 0.3 is 0 Å². The third-order valence-corrected chi connectivity index (χ3v) is 8.71. The summed E-state index contributed by atoms with van der Waals surface area (Å²) in [6.45, 7) is 6.19. The highest BCUT2D eigenvalue weighted by Crippen LogP contribution is 2.34. The molecule has 2 heterocycles. The van der Waals surface area contributed by atoms with Gasteiger partial charge in [0.25, 0.3) is 0 Å². The van der Waals surface area contributed by atoms with Crippen molar-refractivity contribution in [3.63, 3.8) is 0 Å². The van der Waals surface area contributed by atoms with E-state index in [0.717, 1.165) is 35.4 Å². The molecule has 0 N–H and O–H groups in total. The van der Waals surface area contributed by atoms with Crippen molar-refractivity contribution < 1.29 is 17.9 Å². The van der Waals surface area contributed by atoms with Gasteiger partial charge < -0.3 is 4.74 Å². The first-order chi connectivity index (χ1) is 15.8. The number of halogens is 1. The number of amides is 1. The van der Waals surface area contributed by atoms with Gasteiger partial charge in [0.15, 0.2) is 15.0 Å². The summed E-state index contributed by atoms with van der Waals surface area (Å²) in [4.78, 5) is 21.9. The van der Waals surface area contributed by atoms with E-state index in [9.17, 15) is 13.2 Å². The van der Waals surface area contributed by atoms with Crippen LogP contribution in [0.1, 0.15) is 12.0 Å². The molecule has 1 aromatic heterocycles. The first kappa shape index (κ1) is 24.1. The first-order valence-electron chi connectivity index (χ1n) is 10.8. The van der Waals surface area contributed by atoms with Crippen LogP contribution in [0, 0.1) is 6.92 Å². The Kier molecular flexibility index (Phi) is 7.65. The zero-order chi connectivity index (χ0) is 23.4. The number of carbonyl (C=O) groups excluding carboxylic acids is 1. The summed E-state index contributed by atoms with van der Waals surface area (Å²) < 4.78 is 32.0. The summed E-state index contributed by atoms with van der Waals surface area (Å²) in [5, 5.41) is 1.10. The maximum absolute atomic E-state index is 13.3. The summed E-state index contributed by atoms with van der Waals surface area (Å²) in [6.07, 6.45) is 0.701. The molecule has 0 bridgehead atoms. The van der Waals surface area contributed by atoms with Crippen LogP contribution in [0.15, 0.2) is 47.4 Å². The quantitative estimate of drug-likeness (QED) is 0.461.